The lowest BCUT2D eigenvalue weighted by atomic mass is 10.1. The Bertz CT molecular complexity index is 464. The first-order valence-corrected chi connectivity index (χ1v) is 8.72. The van der Waals surface area contributed by atoms with Gasteiger partial charge in [-0.15, -0.1) is 0 Å². The van der Waals surface area contributed by atoms with Gasteiger partial charge in [-0.2, -0.15) is 13.2 Å². The molecular formula is C11H14F4O2Si. The highest BCUT2D eigenvalue weighted by Gasteiger charge is 2.40. The van der Waals surface area contributed by atoms with Gasteiger partial charge in [-0.3, -0.25) is 0 Å². The largest absolute Gasteiger partial charge is 0.422 e. The van der Waals surface area contributed by atoms with Crippen molar-refractivity contribution < 1.29 is 27.7 Å². The topological polar surface area (TPSA) is 29.5 Å². The minimum atomic E-state index is -4.91. The molecule has 0 aliphatic rings. The maximum Gasteiger partial charge on any atom is 0.422 e. The average Bonchev–Trinajstić information content (AvgIpc) is 2.17. The van der Waals surface area contributed by atoms with Crippen molar-refractivity contribution >= 4 is 13.3 Å². The van der Waals surface area contributed by atoms with Gasteiger partial charge >= 0.3 is 6.18 Å². The quantitative estimate of drug-likeness (QED) is 0.389. The van der Waals surface area contributed by atoms with Gasteiger partial charge in [-0.05, 0) is 18.6 Å². The molecule has 18 heavy (non-hydrogen) atoms. The van der Waals surface area contributed by atoms with Crippen LogP contribution < -0.4 is 10.1 Å². The van der Waals surface area contributed by atoms with Gasteiger partial charge in [0.05, 0.1) is 8.07 Å². The summed E-state index contributed by atoms with van der Waals surface area (Å²) in [7, 11) is -2.04. The zero-order valence-corrected chi connectivity index (χ0v) is 11.4. The number of rotatable bonds is 2. The van der Waals surface area contributed by atoms with Crippen LogP contribution >= 0.6 is 0 Å². The van der Waals surface area contributed by atoms with Gasteiger partial charge in [0.15, 0.2) is 5.75 Å². The fourth-order valence-electron chi connectivity index (χ4n) is 1.84. The first-order chi connectivity index (χ1) is 8.00. The zero-order chi connectivity index (χ0) is 14.3. The number of alkyl halides is 3. The molecule has 0 atom stereocenters. The molecule has 0 aliphatic carbocycles. The van der Waals surface area contributed by atoms with E-state index in [1.54, 1.807) is 0 Å². The first-order valence-electron chi connectivity index (χ1n) is 5.22. The minimum Gasteiger partial charge on any atom is -0.339 e. The molecule has 0 aromatic heterocycles. The van der Waals surface area contributed by atoms with Crippen molar-refractivity contribution in [2.24, 2.45) is 0 Å². The highest BCUT2D eigenvalue weighted by atomic mass is 28.3. The van der Waals surface area contributed by atoms with E-state index in [9.17, 15) is 17.6 Å². The van der Waals surface area contributed by atoms with E-state index in [1.165, 1.54) is 6.92 Å². The van der Waals surface area contributed by atoms with E-state index in [4.69, 9.17) is 5.26 Å². The van der Waals surface area contributed by atoms with Crippen LogP contribution in [0.5, 0.6) is 5.75 Å². The van der Waals surface area contributed by atoms with Crippen LogP contribution in [0, 0.1) is 12.7 Å². The van der Waals surface area contributed by atoms with Gasteiger partial charge in [-0.1, -0.05) is 24.8 Å². The van der Waals surface area contributed by atoms with Crippen molar-refractivity contribution in [3.05, 3.63) is 23.0 Å². The summed E-state index contributed by atoms with van der Waals surface area (Å²) < 4.78 is 51.9. The van der Waals surface area contributed by atoms with E-state index in [0.717, 1.165) is 6.07 Å². The second kappa shape index (κ2) is 4.54. The van der Waals surface area contributed by atoms with Crippen molar-refractivity contribution in [2.45, 2.75) is 32.7 Å². The van der Waals surface area contributed by atoms with E-state index >= 15 is 0 Å². The Balaban J connectivity index is 3.66. The summed E-state index contributed by atoms with van der Waals surface area (Å²) in [5, 5.41) is 9.02. The zero-order valence-electron chi connectivity index (χ0n) is 10.4. The van der Waals surface area contributed by atoms with Gasteiger partial charge in [0.1, 0.15) is 11.4 Å². The molecule has 0 amide bonds. The Hall–Kier alpha value is -1.08. The number of hydrogen-bond acceptors (Lipinski definition) is 2. The summed E-state index contributed by atoms with van der Waals surface area (Å²) in [5.74, 6) is -2.27. The highest BCUT2D eigenvalue weighted by molar-refractivity contribution is 6.89. The Morgan fingerprint density at radius 2 is 1.72 bits per heavy atom. The molecule has 0 aliphatic heterocycles. The van der Waals surface area contributed by atoms with Crippen LogP contribution in [0.15, 0.2) is 6.07 Å². The lowest BCUT2D eigenvalue weighted by molar-refractivity contribution is -0.164. The van der Waals surface area contributed by atoms with Crippen molar-refractivity contribution in [3.63, 3.8) is 0 Å². The van der Waals surface area contributed by atoms with Crippen LogP contribution in [0.25, 0.3) is 0 Å². The summed E-state index contributed by atoms with van der Waals surface area (Å²) in [5.41, 5.74) is -1.60. The third-order valence-corrected chi connectivity index (χ3v) is 4.80. The number of halogens is 4. The van der Waals surface area contributed by atoms with Crippen molar-refractivity contribution in [2.75, 3.05) is 0 Å². The normalized spacial score (nSPS) is 12.7. The smallest absolute Gasteiger partial charge is 0.339 e. The van der Waals surface area contributed by atoms with E-state index in [2.05, 4.69) is 4.89 Å². The number of benzene rings is 1. The second-order valence-corrected chi connectivity index (χ2v) is 10.1. The molecule has 0 spiro atoms. The van der Waals surface area contributed by atoms with Crippen LogP contribution in [0.1, 0.15) is 11.1 Å². The Morgan fingerprint density at radius 3 is 2.06 bits per heavy atom. The molecule has 1 aromatic rings. The molecule has 1 rings (SSSR count). The molecule has 1 aromatic carbocycles. The maximum atomic E-state index is 13.8. The summed E-state index contributed by atoms with van der Waals surface area (Å²) in [4.78, 5) is 3.71. The lowest BCUT2D eigenvalue weighted by Crippen LogP contribution is -2.40. The third-order valence-electron chi connectivity index (χ3n) is 2.66. The van der Waals surface area contributed by atoms with Crippen LogP contribution in [-0.4, -0.2) is 13.3 Å². The Morgan fingerprint density at radius 1 is 1.22 bits per heavy atom. The van der Waals surface area contributed by atoms with Crippen molar-refractivity contribution in [1.82, 2.24) is 0 Å². The van der Waals surface area contributed by atoms with Gasteiger partial charge in [-0.25, -0.2) is 9.65 Å². The predicted molar refractivity (Wildman–Crippen MR) is 62.4 cm³/mol. The van der Waals surface area contributed by atoms with Gasteiger partial charge in [0, 0.05) is 0 Å². The molecule has 0 unspecified atom stereocenters. The number of hydrogen-bond donors (Lipinski definition) is 1. The van der Waals surface area contributed by atoms with Crippen LogP contribution in [0.2, 0.25) is 19.6 Å². The van der Waals surface area contributed by atoms with E-state index in [1.807, 2.05) is 19.6 Å². The molecule has 0 bridgehead atoms. The summed E-state index contributed by atoms with van der Waals surface area (Å²) in [6.07, 6.45) is -4.91. The van der Waals surface area contributed by atoms with E-state index in [-0.39, 0.29) is 5.56 Å². The predicted octanol–water partition coefficient (Wildman–Crippen LogP) is 3.55. The van der Waals surface area contributed by atoms with Crippen LogP contribution in [-0.2, 0) is 6.18 Å². The molecule has 102 valence electrons. The third kappa shape index (κ3) is 2.67. The Labute approximate surface area is 103 Å². The minimum absolute atomic E-state index is 0.0395. The Kier molecular flexibility index (Phi) is 3.78. The fraction of sp³-hybridized carbons (Fsp3) is 0.455. The molecule has 0 saturated carbocycles. The van der Waals surface area contributed by atoms with Crippen LogP contribution in [0.3, 0.4) is 0 Å². The molecule has 0 saturated heterocycles. The van der Waals surface area contributed by atoms with Gasteiger partial charge in [0.25, 0.3) is 0 Å². The van der Waals surface area contributed by atoms with Crippen molar-refractivity contribution in [3.8, 4) is 5.75 Å². The van der Waals surface area contributed by atoms with E-state index in [0.29, 0.717) is 5.19 Å². The lowest BCUT2D eigenvalue weighted by Gasteiger charge is -2.23. The second-order valence-electron chi connectivity index (χ2n) is 5.08. The SMILES string of the molecule is Cc1c([Si](C)(C)C)cc(OO)c(C(F)(F)F)c1F. The summed E-state index contributed by atoms with van der Waals surface area (Å²) in [6, 6.07) is 1.08. The summed E-state index contributed by atoms with van der Waals surface area (Å²) >= 11 is 0. The summed E-state index contributed by atoms with van der Waals surface area (Å²) in [6.45, 7) is 6.90. The monoisotopic (exact) mass is 282 g/mol. The molecule has 0 heterocycles. The first kappa shape index (κ1) is 15.0. The van der Waals surface area contributed by atoms with Crippen molar-refractivity contribution in [1.29, 1.82) is 0 Å². The molecule has 2 nitrogen and oxygen atoms in total. The molecule has 0 radical (unpaired) electrons. The standard InChI is InChI=1S/C11H14F4O2Si/c1-6-8(18(2,3)4)5-7(17-16)9(10(6)12)11(13,14)15/h5,16H,1-4H3. The maximum absolute atomic E-state index is 13.8. The highest BCUT2D eigenvalue weighted by Crippen LogP contribution is 2.38. The van der Waals surface area contributed by atoms with E-state index < -0.39 is 31.4 Å². The molecular weight excluding hydrogens is 268 g/mol. The fourth-order valence-corrected chi connectivity index (χ4v) is 3.64. The molecule has 0 fully saturated rings. The van der Waals surface area contributed by atoms with Gasteiger partial charge < -0.3 is 4.89 Å². The van der Waals surface area contributed by atoms with Crippen LogP contribution in [0.4, 0.5) is 17.6 Å². The molecule has 1 N–H and O–H groups in total. The van der Waals surface area contributed by atoms with Gasteiger partial charge in [0.2, 0.25) is 0 Å². The average molecular weight is 282 g/mol. The molecule has 7 heteroatoms.